The molecule has 140 valence electrons. The molecule has 3 N–H and O–H groups in total. The molecule has 0 bridgehead atoms. The number of nitrogens with zero attached hydrogens (tertiary/aromatic N) is 3. The number of halogens is 1. The second-order valence-corrected chi connectivity index (χ2v) is 6.76. The predicted molar refractivity (Wildman–Crippen MR) is 118 cm³/mol. The van der Waals surface area contributed by atoms with Crippen LogP contribution < -0.4 is 10.6 Å². The van der Waals surface area contributed by atoms with Crippen LogP contribution in [0.5, 0.6) is 0 Å². The highest BCUT2D eigenvalue weighted by molar-refractivity contribution is 14.0. The summed E-state index contributed by atoms with van der Waals surface area (Å²) in [7, 11) is 0. The van der Waals surface area contributed by atoms with Gasteiger partial charge in [-0.2, -0.15) is 0 Å². The van der Waals surface area contributed by atoms with Gasteiger partial charge >= 0.3 is 0 Å². The van der Waals surface area contributed by atoms with Gasteiger partial charge in [-0.05, 0) is 24.4 Å². The fraction of sp³-hybridized carbons (Fsp3) is 0.333. The molecule has 0 amide bonds. The zero-order valence-corrected chi connectivity index (χ0v) is 17.8. The number of imidazole rings is 1. The number of nitrogens with one attached hydrogen (secondary N) is 2. The first-order valence-corrected chi connectivity index (χ1v) is 9.22. The Morgan fingerprint density at radius 2 is 2.19 bits per heavy atom. The maximum absolute atomic E-state index is 10.4. The van der Waals surface area contributed by atoms with Gasteiger partial charge in [0.25, 0.3) is 0 Å². The monoisotopic (exact) mass is 485 g/mol. The topological polar surface area (TPSA) is 74.5 Å². The number of fused-ring (bicyclic) bond motifs is 1. The van der Waals surface area contributed by atoms with Crippen molar-refractivity contribution in [3.63, 3.8) is 0 Å². The zero-order valence-electron chi connectivity index (χ0n) is 14.6. The number of aromatic nitrogens is 2. The van der Waals surface area contributed by atoms with Crippen LogP contribution in [0.25, 0.3) is 10.1 Å². The minimum Gasteiger partial charge on any atom is -0.386 e. The van der Waals surface area contributed by atoms with E-state index in [-0.39, 0.29) is 24.0 Å². The van der Waals surface area contributed by atoms with E-state index in [0.717, 1.165) is 29.9 Å². The van der Waals surface area contributed by atoms with Crippen LogP contribution in [0.4, 0.5) is 0 Å². The van der Waals surface area contributed by atoms with E-state index in [1.165, 1.54) is 4.70 Å². The molecule has 1 aromatic carbocycles. The van der Waals surface area contributed by atoms with Gasteiger partial charge in [0, 0.05) is 41.6 Å². The number of hydrogen-bond donors (Lipinski definition) is 3. The fourth-order valence-corrected chi connectivity index (χ4v) is 3.54. The van der Waals surface area contributed by atoms with Crippen LogP contribution in [-0.2, 0) is 6.54 Å². The van der Waals surface area contributed by atoms with Crippen LogP contribution in [-0.4, -0.2) is 40.3 Å². The van der Waals surface area contributed by atoms with Crippen molar-refractivity contribution in [3.05, 3.63) is 53.9 Å². The van der Waals surface area contributed by atoms with Crippen LogP contribution in [0.3, 0.4) is 0 Å². The third kappa shape index (κ3) is 5.68. The molecule has 0 aliphatic carbocycles. The normalized spacial score (nSPS) is 12.6. The third-order valence-corrected chi connectivity index (χ3v) is 4.98. The third-order valence-electron chi connectivity index (χ3n) is 3.76. The molecule has 0 fully saturated rings. The molecule has 2 heterocycles. The molecule has 6 nitrogen and oxygen atoms in total. The summed E-state index contributed by atoms with van der Waals surface area (Å²) in [4.78, 5) is 9.47. The van der Waals surface area contributed by atoms with Crippen molar-refractivity contribution in [1.29, 1.82) is 0 Å². The highest BCUT2D eigenvalue weighted by atomic mass is 127. The Labute approximate surface area is 174 Å². The molecular formula is C18H24IN5OS. The van der Waals surface area contributed by atoms with Gasteiger partial charge in [-0.25, -0.2) is 4.98 Å². The highest BCUT2D eigenvalue weighted by Gasteiger charge is 2.11. The Bertz CT molecular complexity index is 785. The summed E-state index contributed by atoms with van der Waals surface area (Å²) in [5, 5.41) is 18.1. The van der Waals surface area contributed by atoms with Gasteiger partial charge in [0.15, 0.2) is 5.96 Å². The lowest BCUT2D eigenvalue weighted by Gasteiger charge is -2.12. The second-order valence-electron chi connectivity index (χ2n) is 5.65. The van der Waals surface area contributed by atoms with Crippen LogP contribution >= 0.6 is 35.3 Å². The number of guanidine groups is 1. The van der Waals surface area contributed by atoms with E-state index in [9.17, 15) is 5.11 Å². The molecular weight excluding hydrogens is 461 g/mol. The van der Waals surface area contributed by atoms with Crippen molar-refractivity contribution in [1.82, 2.24) is 20.2 Å². The number of rotatable bonds is 7. The van der Waals surface area contributed by atoms with Crippen LogP contribution in [0.1, 0.15) is 17.9 Å². The smallest absolute Gasteiger partial charge is 0.191 e. The molecule has 1 unspecified atom stereocenters. The van der Waals surface area contributed by atoms with E-state index in [2.05, 4.69) is 32.7 Å². The minimum absolute atomic E-state index is 0. The summed E-state index contributed by atoms with van der Waals surface area (Å²) < 4.78 is 3.19. The first kappa shape index (κ1) is 20.7. The van der Waals surface area contributed by atoms with Crippen molar-refractivity contribution in [3.8, 4) is 0 Å². The van der Waals surface area contributed by atoms with Gasteiger partial charge < -0.3 is 20.3 Å². The zero-order chi connectivity index (χ0) is 17.5. The standard InChI is InChI=1S/C18H23N5OS.HI/c1-2-20-18(21-8-10-23-9-7-19-13-23)22-12-15(24)17-11-14-5-3-4-6-16(14)25-17;/h3-7,9,11,13,15,24H,2,8,10,12H2,1H3,(H2,20,21,22);1H. The maximum Gasteiger partial charge on any atom is 0.191 e. The van der Waals surface area contributed by atoms with Crippen LogP contribution in [0.2, 0.25) is 0 Å². The number of hydrogen-bond acceptors (Lipinski definition) is 4. The number of benzene rings is 1. The molecule has 0 spiro atoms. The van der Waals surface area contributed by atoms with Gasteiger partial charge in [0.1, 0.15) is 6.10 Å². The van der Waals surface area contributed by atoms with E-state index in [0.29, 0.717) is 12.5 Å². The van der Waals surface area contributed by atoms with Crippen molar-refractivity contribution in [2.75, 3.05) is 19.6 Å². The second kappa shape index (κ2) is 10.5. The number of aliphatic imine (C=N–C) groups is 1. The van der Waals surface area contributed by atoms with Crippen molar-refractivity contribution < 1.29 is 5.11 Å². The van der Waals surface area contributed by atoms with Crippen molar-refractivity contribution in [2.24, 2.45) is 4.99 Å². The van der Waals surface area contributed by atoms with Gasteiger partial charge in [-0.15, -0.1) is 35.3 Å². The number of aliphatic hydroxyl groups is 1. The molecule has 2 aromatic heterocycles. The summed E-state index contributed by atoms with van der Waals surface area (Å²) in [6, 6.07) is 10.2. The molecule has 0 saturated carbocycles. The van der Waals surface area contributed by atoms with Gasteiger partial charge in [0.2, 0.25) is 0 Å². The molecule has 0 saturated heterocycles. The number of aliphatic hydroxyl groups excluding tert-OH is 1. The molecule has 0 aliphatic heterocycles. The van der Waals surface area contributed by atoms with E-state index < -0.39 is 6.10 Å². The summed E-state index contributed by atoms with van der Waals surface area (Å²) in [5.41, 5.74) is 0. The molecule has 0 aliphatic rings. The summed E-state index contributed by atoms with van der Waals surface area (Å²) in [6.45, 7) is 4.67. The van der Waals surface area contributed by atoms with Gasteiger partial charge in [-0.1, -0.05) is 18.2 Å². The summed E-state index contributed by atoms with van der Waals surface area (Å²) >= 11 is 1.62. The molecule has 0 radical (unpaired) electrons. The summed E-state index contributed by atoms with van der Waals surface area (Å²) in [6.07, 6.45) is 4.88. The maximum atomic E-state index is 10.4. The van der Waals surface area contributed by atoms with Crippen LogP contribution in [0.15, 0.2) is 54.0 Å². The average molecular weight is 485 g/mol. The SMILES string of the molecule is CCNC(=NCC(O)c1cc2ccccc2s1)NCCn1ccnc1.I. The lowest BCUT2D eigenvalue weighted by molar-refractivity contribution is 0.191. The largest absolute Gasteiger partial charge is 0.386 e. The van der Waals surface area contributed by atoms with E-state index in [1.54, 1.807) is 23.9 Å². The van der Waals surface area contributed by atoms with Crippen molar-refractivity contribution in [2.45, 2.75) is 19.6 Å². The minimum atomic E-state index is -0.596. The molecule has 3 rings (SSSR count). The van der Waals surface area contributed by atoms with Gasteiger partial charge in [0.05, 0.1) is 12.9 Å². The fourth-order valence-electron chi connectivity index (χ4n) is 2.50. The van der Waals surface area contributed by atoms with Crippen molar-refractivity contribution >= 4 is 51.4 Å². The molecule has 3 aromatic rings. The van der Waals surface area contributed by atoms with Crippen LogP contribution in [0, 0.1) is 0 Å². The average Bonchev–Trinajstić information content (AvgIpc) is 3.28. The van der Waals surface area contributed by atoms with E-state index in [4.69, 9.17) is 0 Å². The Hall–Kier alpha value is -1.65. The predicted octanol–water partition coefficient (Wildman–Crippen LogP) is 3.00. The molecule has 1 atom stereocenters. The lowest BCUT2D eigenvalue weighted by atomic mass is 10.2. The lowest BCUT2D eigenvalue weighted by Crippen LogP contribution is -2.39. The summed E-state index contributed by atoms with van der Waals surface area (Å²) in [5.74, 6) is 0.711. The quantitative estimate of drug-likeness (QED) is 0.273. The first-order valence-electron chi connectivity index (χ1n) is 8.40. The Balaban J connectivity index is 0.00000243. The van der Waals surface area contributed by atoms with Gasteiger partial charge in [-0.3, -0.25) is 4.99 Å². The Morgan fingerprint density at radius 1 is 1.35 bits per heavy atom. The first-order chi connectivity index (χ1) is 12.3. The molecule has 8 heteroatoms. The highest BCUT2D eigenvalue weighted by Crippen LogP contribution is 2.29. The molecule has 26 heavy (non-hydrogen) atoms. The Kier molecular flexibility index (Phi) is 8.33. The number of thiophene rings is 1. The Morgan fingerprint density at radius 3 is 2.92 bits per heavy atom. The van der Waals surface area contributed by atoms with E-state index in [1.807, 2.05) is 35.9 Å². The van der Waals surface area contributed by atoms with E-state index >= 15 is 0 Å².